The number of nitrogens with zero attached hydrogens (tertiary/aromatic N) is 1. The SMILES string of the molecule is CCS(=O)(=O)CCCn1c(C)cc2ccccc21. The second-order valence-electron chi connectivity index (χ2n) is 4.59. The van der Waals surface area contributed by atoms with E-state index in [0.717, 1.165) is 6.54 Å². The molecule has 1 aromatic heterocycles. The second kappa shape index (κ2) is 5.14. The molecule has 0 spiro atoms. The summed E-state index contributed by atoms with van der Waals surface area (Å²) in [7, 11) is -2.85. The summed E-state index contributed by atoms with van der Waals surface area (Å²) in [5, 5.41) is 1.22. The molecule has 0 aliphatic rings. The van der Waals surface area contributed by atoms with Gasteiger partial charge in [-0.25, -0.2) is 8.42 Å². The Hall–Kier alpha value is -1.29. The Morgan fingerprint density at radius 3 is 2.67 bits per heavy atom. The lowest BCUT2D eigenvalue weighted by Crippen LogP contribution is -2.11. The quantitative estimate of drug-likeness (QED) is 0.834. The minimum atomic E-state index is -2.85. The standard InChI is InChI=1S/C14H19NO2S/c1-3-18(16,17)10-6-9-15-12(2)11-13-7-4-5-8-14(13)15/h4-5,7-8,11H,3,6,9-10H2,1-2H3. The van der Waals surface area contributed by atoms with Gasteiger partial charge in [-0.15, -0.1) is 0 Å². The van der Waals surface area contributed by atoms with Crippen molar-refractivity contribution < 1.29 is 8.42 Å². The van der Waals surface area contributed by atoms with Gasteiger partial charge >= 0.3 is 0 Å². The molecule has 1 aromatic carbocycles. The molecular weight excluding hydrogens is 246 g/mol. The predicted octanol–water partition coefficient (Wildman–Crippen LogP) is 2.77. The third kappa shape index (κ3) is 2.75. The molecule has 0 aliphatic heterocycles. The van der Waals surface area contributed by atoms with E-state index >= 15 is 0 Å². The zero-order valence-corrected chi connectivity index (χ0v) is 11.7. The van der Waals surface area contributed by atoms with Crippen LogP contribution < -0.4 is 0 Å². The smallest absolute Gasteiger partial charge is 0.150 e. The molecule has 0 aliphatic carbocycles. The molecule has 0 saturated heterocycles. The van der Waals surface area contributed by atoms with Gasteiger partial charge in [0.2, 0.25) is 0 Å². The van der Waals surface area contributed by atoms with Gasteiger partial charge in [0.15, 0.2) is 0 Å². The summed E-state index contributed by atoms with van der Waals surface area (Å²) in [5.74, 6) is 0.508. The summed E-state index contributed by atoms with van der Waals surface area (Å²) >= 11 is 0. The molecule has 0 N–H and O–H groups in total. The lowest BCUT2D eigenvalue weighted by Gasteiger charge is -2.08. The monoisotopic (exact) mass is 265 g/mol. The third-order valence-electron chi connectivity index (χ3n) is 3.29. The Morgan fingerprint density at radius 1 is 1.22 bits per heavy atom. The fourth-order valence-electron chi connectivity index (χ4n) is 2.23. The number of para-hydroxylation sites is 1. The molecule has 2 aromatic rings. The van der Waals surface area contributed by atoms with Gasteiger partial charge in [0, 0.05) is 23.5 Å². The molecule has 18 heavy (non-hydrogen) atoms. The molecule has 0 saturated carbocycles. The first-order valence-corrected chi connectivity index (χ1v) is 8.11. The van der Waals surface area contributed by atoms with Gasteiger partial charge < -0.3 is 4.57 Å². The Kier molecular flexibility index (Phi) is 3.76. The van der Waals surface area contributed by atoms with E-state index in [1.807, 2.05) is 12.1 Å². The molecule has 4 heteroatoms. The van der Waals surface area contributed by atoms with E-state index in [4.69, 9.17) is 0 Å². The Labute approximate surface area is 108 Å². The van der Waals surface area contributed by atoms with Crippen LogP contribution in [-0.2, 0) is 16.4 Å². The summed E-state index contributed by atoms with van der Waals surface area (Å²) in [6.45, 7) is 4.53. The van der Waals surface area contributed by atoms with Crippen LogP contribution in [0, 0.1) is 6.92 Å². The fourth-order valence-corrected chi connectivity index (χ4v) is 3.09. The first kappa shape index (κ1) is 13.1. The minimum Gasteiger partial charge on any atom is -0.345 e. The maximum atomic E-state index is 11.5. The number of rotatable bonds is 5. The van der Waals surface area contributed by atoms with E-state index in [9.17, 15) is 8.42 Å². The van der Waals surface area contributed by atoms with Crippen molar-refractivity contribution in [3.63, 3.8) is 0 Å². The van der Waals surface area contributed by atoms with Gasteiger partial charge in [0.25, 0.3) is 0 Å². The van der Waals surface area contributed by atoms with E-state index in [1.54, 1.807) is 6.92 Å². The number of sulfone groups is 1. The summed E-state index contributed by atoms with van der Waals surface area (Å²) in [4.78, 5) is 0. The van der Waals surface area contributed by atoms with Gasteiger partial charge in [0.1, 0.15) is 9.84 Å². The van der Waals surface area contributed by atoms with Crippen LogP contribution in [0.2, 0.25) is 0 Å². The lowest BCUT2D eigenvalue weighted by atomic mass is 10.2. The van der Waals surface area contributed by atoms with Crippen LogP contribution in [0.3, 0.4) is 0 Å². The first-order valence-electron chi connectivity index (χ1n) is 6.29. The Bertz CT molecular complexity index is 641. The molecule has 1 heterocycles. The van der Waals surface area contributed by atoms with Crippen molar-refractivity contribution in [1.29, 1.82) is 0 Å². The molecule has 2 rings (SSSR count). The van der Waals surface area contributed by atoms with Crippen molar-refractivity contribution in [3.8, 4) is 0 Å². The fraction of sp³-hybridized carbons (Fsp3) is 0.429. The van der Waals surface area contributed by atoms with Crippen LogP contribution in [0.25, 0.3) is 10.9 Å². The largest absolute Gasteiger partial charge is 0.345 e. The van der Waals surface area contributed by atoms with E-state index in [1.165, 1.54) is 16.6 Å². The van der Waals surface area contributed by atoms with Crippen molar-refractivity contribution >= 4 is 20.7 Å². The topological polar surface area (TPSA) is 39.1 Å². The van der Waals surface area contributed by atoms with Crippen LogP contribution in [-0.4, -0.2) is 24.5 Å². The molecule has 0 amide bonds. The van der Waals surface area contributed by atoms with Crippen molar-refractivity contribution in [2.75, 3.05) is 11.5 Å². The van der Waals surface area contributed by atoms with E-state index < -0.39 is 9.84 Å². The van der Waals surface area contributed by atoms with Gasteiger partial charge in [0.05, 0.1) is 5.75 Å². The summed E-state index contributed by atoms with van der Waals surface area (Å²) in [6, 6.07) is 10.3. The number of aromatic nitrogens is 1. The van der Waals surface area contributed by atoms with Gasteiger partial charge in [-0.2, -0.15) is 0 Å². The van der Waals surface area contributed by atoms with E-state index in [0.29, 0.717) is 6.42 Å². The summed E-state index contributed by atoms with van der Waals surface area (Å²) in [5.41, 5.74) is 2.37. The second-order valence-corrected chi connectivity index (χ2v) is 7.06. The number of fused-ring (bicyclic) bond motifs is 1. The highest BCUT2D eigenvalue weighted by molar-refractivity contribution is 7.91. The third-order valence-corrected chi connectivity index (χ3v) is 5.08. The summed E-state index contributed by atoms with van der Waals surface area (Å²) < 4.78 is 25.1. The van der Waals surface area contributed by atoms with Crippen molar-refractivity contribution in [3.05, 3.63) is 36.0 Å². The molecular formula is C14H19NO2S. The zero-order valence-electron chi connectivity index (χ0n) is 10.9. The van der Waals surface area contributed by atoms with Crippen LogP contribution in [0.5, 0.6) is 0 Å². The number of aryl methyl sites for hydroxylation is 2. The normalized spacial score (nSPS) is 12.1. The molecule has 0 bridgehead atoms. The van der Waals surface area contributed by atoms with E-state index in [-0.39, 0.29) is 11.5 Å². The average Bonchev–Trinajstić information content (AvgIpc) is 2.66. The maximum absolute atomic E-state index is 11.5. The van der Waals surface area contributed by atoms with Crippen LogP contribution in [0.1, 0.15) is 19.0 Å². The number of hydrogen-bond acceptors (Lipinski definition) is 2. The highest BCUT2D eigenvalue weighted by atomic mass is 32.2. The van der Waals surface area contributed by atoms with Crippen LogP contribution >= 0.6 is 0 Å². The highest BCUT2D eigenvalue weighted by Gasteiger charge is 2.09. The van der Waals surface area contributed by atoms with Crippen molar-refractivity contribution in [2.45, 2.75) is 26.8 Å². The van der Waals surface area contributed by atoms with Gasteiger partial charge in [-0.3, -0.25) is 0 Å². The molecule has 0 atom stereocenters. The summed E-state index contributed by atoms with van der Waals surface area (Å²) in [6.07, 6.45) is 0.676. The van der Waals surface area contributed by atoms with Crippen molar-refractivity contribution in [1.82, 2.24) is 4.57 Å². The lowest BCUT2D eigenvalue weighted by molar-refractivity contribution is 0.588. The van der Waals surface area contributed by atoms with Crippen molar-refractivity contribution in [2.24, 2.45) is 0 Å². The molecule has 3 nitrogen and oxygen atoms in total. The van der Waals surface area contributed by atoms with Gasteiger partial charge in [-0.05, 0) is 30.9 Å². The molecule has 0 unspecified atom stereocenters. The average molecular weight is 265 g/mol. The Balaban J connectivity index is 2.15. The minimum absolute atomic E-state index is 0.235. The number of hydrogen-bond donors (Lipinski definition) is 0. The first-order chi connectivity index (χ1) is 8.53. The van der Waals surface area contributed by atoms with Gasteiger partial charge in [-0.1, -0.05) is 25.1 Å². The zero-order chi connectivity index (χ0) is 13.2. The van der Waals surface area contributed by atoms with Crippen LogP contribution in [0.4, 0.5) is 0 Å². The maximum Gasteiger partial charge on any atom is 0.150 e. The molecule has 0 radical (unpaired) electrons. The molecule has 0 fully saturated rings. The Morgan fingerprint density at radius 2 is 1.94 bits per heavy atom. The molecule has 98 valence electrons. The van der Waals surface area contributed by atoms with Crippen LogP contribution in [0.15, 0.2) is 30.3 Å². The number of benzene rings is 1. The van der Waals surface area contributed by atoms with E-state index in [2.05, 4.69) is 29.7 Å². The predicted molar refractivity (Wildman–Crippen MR) is 75.6 cm³/mol. The highest BCUT2D eigenvalue weighted by Crippen LogP contribution is 2.19.